The van der Waals surface area contributed by atoms with E-state index in [9.17, 15) is 14.4 Å². The summed E-state index contributed by atoms with van der Waals surface area (Å²) in [5.74, 6) is -1.59. The van der Waals surface area contributed by atoms with Gasteiger partial charge < -0.3 is 10.1 Å². The molecule has 5 nitrogen and oxygen atoms in total. The molecule has 0 radical (unpaired) electrons. The summed E-state index contributed by atoms with van der Waals surface area (Å²) in [6.07, 6.45) is 2.25. The minimum Gasteiger partial charge on any atom is -0.464 e. The Kier molecular flexibility index (Phi) is 4.27. The molecule has 0 aromatic rings. The number of hydrogen-bond donors (Lipinski definition) is 1. The van der Waals surface area contributed by atoms with Crippen molar-refractivity contribution in [2.24, 2.45) is 0 Å². The van der Waals surface area contributed by atoms with Gasteiger partial charge >= 0.3 is 5.97 Å². The Balaban J connectivity index is 2.34. The molecule has 0 saturated carbocycles. The lowest BCUT2D eigenvalue weighted by Gasteiger charge is -2.07. The number of amides is 1. The Hall–Kier alpha value is -1.39. The predicted octanol–water partition coefficient (Wildman–Crippen LogP) is 0.177. The lowest BCUT2D eigenvalue weighted by Crippen LogP contribution is -2.41. The lowest BCUT2D eigenvalue weighted by molar-refractivity contribution is -0.143. The van der Waals surface area contributed by atoms with Crippen molar-refractivity contribution in [1.82, 2.24) is 5.32 Å². The van der Waals surface area contributed by atoms with Crippen LogP contribution in [0.4, 0.5) is 0 Å². The van der Waals surface area contributed by atoms with Crippen molar-refractivity contribution in [3.63, 3.8) is 0 Å². The van der Waals surface area contributed by atoms with Crippen LogP contribution in [0.5, 0.6) is 0 Å². The quantitative estimate of drug-likeness (QED) is 0.522. The van der Waals surface area contributed by atoms with Gasteiger partial charge in [0, 0.05) is 12.8 Å². The molecular weight excluding hydrogens is 198 g/mol. The molecule has 1 aliphatic heterocycles. The second kappa shape index (κ2) is 5.48. The first-order chi connectivity index (χ1) is 7.15. The average molecular weight is 213 g/mol. The number of carbonyl (C=O) groups is 3. The fraction of sp³-hybridized carbons (Fsp3) is 0.700. The van der Waals surface area contributed by atoms with Crippen LogP contribution >= 0.6 is 0 Å². The molecule has 1 aliphatic rings. The Morgan fingerprint density at radius 2 is 2.27 bits per heavy atom. The van der Waals surface area contributed by atoms with E-state index in [0.29, 0.717) is 19.4 Å². The van der Waals surface area contributed by atoms with Crippen LogP contribution in [-0.2, 0) is 19.1 Å². The molecule has 1 heterocycles. The van der Waals surface area contributed by atoms with Crippen LogP contribution in [0.3, 0.4) is 0 Å². The van der Waals surface area contributed by atoms with Gasteiger partial charge in [0.15, 0.2) is 0 Å². The monoisotopic (exact) mass is 213 g/mol. The predicted molar refractivity (Wildman–Crippen MR) is 52.0 cm³/mol. The maximum absolute atomic E-state index is 11.3. The first-order valence-corrected chi connectivity index (χ1v) is 5.15. The number of ether oxygens (including phenoxy) is 1. The van der Waals surface area contributed by atoms with Crippen molar-refractivity contribution in [2.75, 3.05) is 6.61 Å². The smallest absolute Gasteiger partial charge is 0.328 e. The summed E-state index contributed by atoms with van der Waals surface area (Å²) >= 11 is 0. The van der Waals surface area contributed by atoms with Gasteiger partial charge in [-0.15, -0.1) is 0 Å². The number of ketones is 1. The Labute approximate surface area is 88.2 Å². The molecular formula is C10H15NO4. The number of unbranched alkanes of at least 4 members (excludes halogenated alkanes) is 1. The summed E-state index contributed by atoms with van der Waals surface area (Å²) < 4.78 is 4.66. The van der Waals surface area contributed by atoms with Crippen LogP contribution in [0.2, 0.25) is 0 Å². The van der Waals surface area contributed by atoms with Crippen molar-refractivity contribution < 1.29 is 19.1 Å². The third-order valence-electron chi connectivity index (χ3n) is 2.25. The normalized spacial score (nSPS) is 19.8. The van der Waals surface area contributed by atoms with E-state index < -0.39 is 23.7 Å². The fourth-order valence-corrected chi connectivity index (χ4v) is 1.32. The molecule has 1 N–H and O–H groups in total. The van der Waals surface area contributed by atoms with Gasteiger partial charge in [0.2, 0.25) is 5.78 Å². The molecule has 0 spiro atoms. The molecule has 1 amide bonds. The zero-order chi connectivity index (χ0) is 11.3. The van der Waals surface area contributed by atoms with Gasteiger partial charge in [-0.3, -0.25) is 9.59 Å². The van der Waals surface area contributed by atoms with Crippen LogP contribution in [0.1, 0.15) is 32.6 Å². The molecule has 1 atom stereocenters. The first kappa shape index (κ1) is 11.7. The highest BCUT2D eigenvalue weighted by Gasteiger charge is 2.29. The van der Waals surface area contributed by atoms with Crippen molar-refractivity contribution in [3.8, 4) is 0 Å². The van der Waals surface area contributed by atoms with Gasteiger partial charge in [0.25, 0.3) is 5.91 Å². The number of Topliss-reactive ketones (excluding diaryl/α,β-unsaturated/α-hetero) is 1. The Bertz CT molecular complexity index is 275. The minimum absolute atomic E-state index is 0.240. The van der Waals surface area contributed by atoms with Gasteiger partial charge in [-0.05, 0) is 6.42 Å². The van der Waals surface area contributed by atoms with E-state index in [4.69, 9.17) is 0 Å². The lowest BCUT2D eigenvalue weighted by atomic mass is 10.1. The van der Waals surface area contributed by atoms with E-state index >= 15 is 0 Å². The van der Waals surface area contributed by atoms with Crippen LogP contribution in [0.15, 0.2) is 0 Å². The van der Waals surface area contributed by atoms with E-state index in [2.05, 4.69) is 10.1 Å². The summed E-state index contributed by atoms with van der Waals surface area (Å²) in [4.78, 5) is 33.5. The molecule has 5 heteroatoms. The molecule has 1 rings (SSSR count). The van der Waals surface area contributed by atoms with Crippen LogP contribution < -0.4 is 5.32 Å². The molecule has 84 valence electrons. The number of nitrogens with one attached hydrogen (secondary N) is 1. The molecule has 0 aromatic carbocycles. The minimum atomic E-state index is -0.674. The van der Waals surface area contributed by atoms with E-state index in [-0.39, 0.29) is 6.42 Å². The summed E-state index contributed by atoms with van der Waals surface area (Å²) in [6.45, 7) is 2.26. The maximum atomic E-state index is 11.3. The SMILES string of the molecule is CCCCC(=O)C(=O)NC1CCOC1=O. The highest BCUT2D eigenvalue weighted by Crippen LogP contribution is 2.06. The second-order valence-electron chi connectivity index (χ2n) is 3.51. The van der Waals surface area contributed by atoms with Gasteiger partial charge in [-0.2, -0.15) is 0 Å². The van der Waals surface area contributed by atoms with E-state index in [1.165, 1.54) is 0 Å². The summed E-state index contributed by atoms with van der Waals surface area (Å²) in [5, 5.41) is 2.37. The standard InChI is InChI=1S/C10H15NO4/c1-2-3-4-8(12)9(13)11-7-5-6-15-10(7)14/h7H,2-6H2,1H3,(H,11,13). The van der Waals surface area contributed by atoms with Gasteiger partial charge in [0.05, 0.1) is 6.61 Å². The zero-order valence-electron chi connectivity index (χ0n) is 8.75. The van der Waals surface area contributed by atoms with Crippen LogP contribution in [0.25, 0.3) is 0 Å². The van der Waals surface area contributed by atoms with E-state index in [1.807, 2.05) is 6.92 Å². The highest BCUT2D eigenvalue weighted by molar-refractivity contribution is 6.36. The number of carbonyl (C=O) groups excluding carboxylic acids is 3. The van der Waals surface area contributed by atoms with E-state index in [1.54, 1.807) is 0 Å². The highest BCUT2D eigenvalue weighted by atomic mass is 16.5. The van der Waals surface area contributed by atoms with Gasteiger partial charge in [-0.25, -0.2) is 4.79 Å². The molecule has 1 fully saturated rings. The van der Waals surface area contributed by atoms with Crippen LogP contribution in [-0.4, -0.2) is 30.3 Å². The Morgan fingerprint density at radius 3 is 2.80 bits per heavy atom. The van der Waals surface area contributed by atoms with E-state index in [0.717, 1.165) is 6.42 Å². The number of cyclic esters (lactones) is 1. The van der Waals surface area contributed by atoms with Gasteiger partial charge in [-0.1, -0.05) is 13.3 Å². The topological polar surface area (TPSA) is 72.5 Å². The number of hydrogen-bond acceptors (Lipinski definition) is 4. The summed E-state index contributed by atoms with van der Waals surface area (Å²) in [6, 6.07) is -0.636. The Morgan fingerprint density at radius 1 is 1.53 bits per heavy atom. The first-order valence-electron chi connectivity index (χ1n) is 5.15. The number of esters is 1. The summed E-state index contributed by atoms with van der Waals surface area (Å²) in [7, 11) is 0. The molecule has 0 aliphatic carbocycles. The molecule has 15 heavy (non-hydrogen) atoms. The fourth-order valence-electron chi connectivity index (χ4n) is 1.32. The molecule has 1 saturated heterocycles. The maximum Gasteiger partial charge on any atom is 0.328 e. The molecule has 0 bridgehead atoms. The molecule has 1 unspecified atom stereocenters. The average Bonchev–Trinajstić information content (AvgIpc) is 2.61. The van der Waals surface area contributed by atoms with Crippen molar-refractivity contribution >= 4 is 17.7 Å². The van der Waals surface area contributed by atoms with Crippen molar-refractivity contribution in [1.29, 1.82) is 0 Å². The zero-order valence-corrected chi connectivity index (χ0v) is 8.75. The molecule has 0 aromatic heterocycles. The van der Waals surface area contributed by atoms with Crippen molar-refractivity contribution in [3.05, 3.63) is 0 Å². The van der Waals surface area contributed by atoms with Gasteiger partial charge in [0.1, 0.15) is 6.04 Å². The second-order valence-corrected chi connectivity index (χ2v) is 3.51. The van der Waals surface area contributed by atoms with Crippen molar-refractivity contribution in [2.45, 2.75) is 38.6 Å². The third-order valence-corrected chi connectivity index (χ3v) is 2.25. The summed E-state index contributed by atoms with van der Waals surface area (Å²) in [5.41, 5.74) is 0. The largest absolute Gasteiger partial charge is 0.464 e. The number of rotatable bonds is 5. The third kappa shape index (κ3) is 3.34. The van der Waals surface area contributed by atoms with Crippen LogP contribution in [0, 0.1) is 0 Å².